The Morgan fingerprint density at radius 1 is 0.362 bits per heavy atom. The zero-order valence-corrected chi connectivity index (χ0v) is 53.3. The molecule has 0 aromatic heterocycles. The van der Waals surface area contributed by atoms with Gasteiger partial charge in [0.25, 0.3) is 0 Å². The average Bonchev–Trinajstić information content (AvgIpc) is 3.41. The molecule has 0 aromatic carbocycles. The first kappa shape index (κ1) is 78.1. The number of aliphatic hydroxyl groups is 1. The number of rotatable bonds is 59. The number of aliphatic hydroxyl groups excluding tert-OH is 1. The van der Waals surface area contributed by atoms with Crippen LogP contribution in [0.5, 0.6) is 0 Å². The van der Waals surface area contributed by atoms with Gasteiger partial charge in [-0.05, 0) is 43.4 Å². The summed E-state index contributed by atoms with van der Waals surface area (Å²) >= 11 is 0. The standard InChI is InChI=1S/C61H118O17P2/c1-8-10-11-12-13-14-20-28-35-42-58(63)71-49-57(78-61(66)45-38-31-24-23-26-33-40-53(5)6)51-76-80(69,70)74-47-55(62)46-73-79(67,68)75-50-56(48-72-59(64)43-36-29-22-17-18-25-32-39-52(3)4)77-60(65)44-37-30-21-16-15-19-27-34-41-54(7)9-2/h52-57,62H,8-51H2,1-7H3,(H,67,68)(H,69,70)/t54?,55-,56-,57-/m1/s1. The van der Waals surface area contributed by atoms with Crippen LogP contribution in [-0.2, 0) is 65.4 Å². The molecule has 3 N–H and O–H groups in total. The summed E-state index contributed by atoms with van der Waals surface area (Å²) in [5.74, 6) is -0.00276. The molecule has 474 valence electrons. The third-order valence-electron chi connectivity index (χ3n) is 14.2. The second-order valence-electron chi connectivity index (χ2n) is 23.3. The van der Waals surface area contributed by atoms with Crippen molar-refractivity contribution in [2.45, 2.75) is 311 Å². The van der Waals surface area contributed by atoms with Crippen LogP contribution in [0.1, 0.15) is 292 Å². The highest BCUT2D eigenvalue weighted by Gasteiger charge is 2.30. The molecule has 6 atom stereocenters. The van der Waals surface area contributed by atoms with Gasteiger partial charge >= 0.3 is 39.5 Å². The van der Waals surface area contributed by atoms with Crippen molar-refractivity contribution in [3.63, 3.8) is 0 Å². The quantitative estimate of drug-likeness (QED) is 0.0222. The molecule has 3 unspecified atom stereocenters. The van der Waals surface area contributed by atoms with E-state index in [1.54, 1.807) is 0 Å². The largest absolute Gasteiger partial charge is 0.472 e. The predicted octanol–water partition coefficient (Wildman–Crippen LogP) is 16.3. The van der Waals surface area contributed by atoms with E-state index in [-0.39, 0.29) is 25.7 Å². The minimum atomic E-state index is -4.94. The Morgan fingerprint density at radius 3 is 0.950 bits per heavy atom. The summed E-state index contributed by atoms with van der Waals surface area (Å²) in [7, 11) is -9.88. The summed E-state index contributed by atoms with van der Waals surface area (Å²) in [5, 5.41) is 10.5. The molecule has 0 saturated heterocycles. The van der Waals surface area contributed by atoms with Crippen LogP contribution >= 0.6 is 15.6 Å². The molecule has 0 saturated carbocycles. The summed E-state index contributed by atoms with van der Waals surface area (Å²) in [5.41, 5.74) is 0. The highest BCUT2D eigenvalue weighted by Crippen LogP contribution is 2.45. The van der Waals surface area contributed by atoms with E-state index < -0.39 is 97.5 Å². The second kappa shape index (κ2) is 52.6. The molecule has 0 bridgehead atoms. The van der Waals surface area contributed by atoms with Crippen LogP contribution in [0.3, 0.4) is 0 Å². The summed E-state index contributed by atoms with van der Waals surface area (Å²) in [6.45, 7) is 11.6. The molecule has 0 rings (SSSR count). The number of phosphoric acid groups is 2. The number of hydrogen-bond acceptors (Lipinski definition) is 15. The molecular formula is C61H118O17P2. The van der Waals surface area contributed by atoms with Gasteiger partial charge < -0.3 is 33.8 Å². The van der Waals surface area contributed by atoms with Crippen molar-refractivity contribution >= 4 is 39.5 Å². The van der Waals surface area contributed by atoms with Gasteiger partial charge in [-0.2, -0.15) is 0 Å². The van der Waals surface area contributed by atoms with Crippen molar-refractivity contribution in [3.8, 4) is 0 Å². The molecule has 0 heterocycles. The van der Waals surface area contributed by atoms with E-state index in [4.69, 9.17) is 37.0 Å². The van der Waals surface area contributed by atoms with Crippen molar-refractivity contribution in [2.75, 3.05) is 39.6 Å². The SMILES string of the molecule is CCCCCCCCCCCC(=O)OC[C@H](COP(=O)(O)OC[C@H](O)COP(=O)(O)OC[C@@H](COC(=O)CCCCCCCCCC(C)C)OC(=O)CCCCCCCCCCC(C)CC)OC(=O)CCCCCCCCC(C)C. The topological polar surface area (TPSA) is 237 Å². The first-order valence-corrected chi connectivity index (χ1v) is 34.9. The lowest BCUT2D eigenvalue weighted by Crippen LogP contribution is -2.30. The molecule has 0 amide bonds. The molecule has 0 aliphatic carbocycles. The average molecular weight is 1190 g/mol. The zero-order chi connectivity index (χ0) is 59.5. The smallest absolute Gasteiger partial charge is 0.462 e. The van der Waals surface area contributed by atoms with Gasteiger partial charge in [0.2, 0.25) is 0 Å². The van der Waals surface area contributed by atoms with Crippen LogP contribution in [0.15, 0.2) is 0 Å². The zero-order valence-electron chi connectivity index (χ0n) is 51.5. The highest BCUT2D eigenvalue weighted by atomic mass is 31.2. The fraction of sp³-hybridized carbons (Fsp3) is 0.934. The Balaban J connectivity index is 5.24. The lowest BCUT2D eigenvalue weighted by Gasteiger charge is -2.21. The number of phosphoric ester groups is 2. The number of hydrogen-bond donors (Lipinski definition) is 3. The Labute approximate surface area is 486 Å². The monoisotopic (exact) mass is 1180 g/mol. The molecule has 0 aliphatic rings. The van der Waals surface area contributed by atoms with Crippen LogP contribution < -0.4 is 0 Å². The normalized spacial score (nSPS) is 14.8. The summed E-state index contributed by atoms with van der Waals surface area (Å²) < 4.78 is 67.8. The lowest BCUT2D eigenvalue weighted by atomic mass is 9.99. The molecule has 0 radical (unpaired) electrons. The van der Waals surface area contributed by atoms with Gasteiger partial charge in [0.15, 0.2) is 12.2 Å². The highest BCUT2D eigenvalue weighted by molar-refractivity contribution is 7.47. The maximum absolute atomic E-state index is 12.9. The van der Waals surface area contributed by atoms with Gasteiger partial charge in [-0.1, -0.05) is 241 Å². The van der Waals surface area contributed by atoms with Gasteiger partial charge in [0, 0.05) is 25.7 Å². The van der Waals surface area contributed by atoms with Crippen molar-refractivity contribution in [1.82, 2.24) is 0 Å². The van der Waals surface area contributed by atoms with Crippen LogP contribution in [0.2, 0.25) is 0 Å². The molecule has 17 nitrogen and oxygen atoms in total. The molecule has 19 heteroatoms. The second-order valence-corrected chi connectivity index (χ2v) is 26.2. The van der Waals surface area contributed by atoms with E-state index in [0.717, 1.165) is 102 Å². The Hall–Kier alpha value is -1.94. The molecule has 0 spiro atoms. The fourth-order valence-corrected chi connectivity index (χ4v) is 10.5. The van der Waals surface area contributed by atoms with E-state index >= 15 is 0 Å². The van der Waals surface area contributed by atoms with Crippen LogP contribution in [0.4, 0.5) is 0 Å². The van der Waals surface area contributed by atoms with Crippen LogP contribution in [-0.4, -0.2) is 96.7 Å². The predicted molar refractivity (Wildman–Crippen MR) is 317 cm³/mol. The molecule has 0 aromatic rings. The van der Waals surface area contributed by atoms with Gasteiger partial charge in [-0.3, -0.25) is 37.3 Å². The lowest BCUT2D eigenvalue weighted by molar-refractivity contribution is -0.161. The third-order valence-corrected chi connectivity index (χ3v) is 16.1. The van der Waals surface area contributed by atoms with Crippen LogP contribution in [0, 0.1) is 17.8 Å². The minimum absolute atomic E-state index is 0.101. The van der Waals surface area contributed by atoms with Crippen molar-refractivity contribution in [1.29, 1.82) is 0 Å². The van der Waals surface area contributed by atoms with Crippen LogP contribution in [0.25, 0.3) is 0 Å². The molecule has 80 heavy (non-hydrogen) atoms. The summed E-state index contributed by atoms with van der Waals surface area (Å²) in [4.78, 5) is 72.0. The Bertz CT molecular complexity index is 1600. The molecular weight excluding hydrogens is 1070 g/mol. The molecule has 0 aliphatic heterocycles. The summed E-state index contributed by atoms with van der Waals surface area (Å²) in [6.07, 6.45) is 32.3. The summed E-state index contributed by atoms with van der Waals surface area (Å²) in [6, 6.07) is 0. The first-order chi connectivity index (χ1) is 38.3. The fourth-order valence-electron chi connectivity index (χ4n) is 8.92. The van der Waals surface area contributed by atoms with Gasteiger partial charge in [0.1, 0.15) is 19.3 Å². The van der Waals surface area contributed by atoms with E-state index in [1.807, 2.05) is 0 Å². The van der Waals surface area contributed by atoms with E-state index in [1.165, 1.54) is 96.3 Å². The van der Waals surface area contributed by atoms with Crippen molar-refractivity contribution < 1.29 is 80.2 Å². The van der Waals surface area contributed by atoms with E-state index in [9.17, 15) is 43.2 Å². The number of carbonyl (C=O) groups excluding carboxylic acids is 4. The molecule has 0 fully saturated rings. The Kier molecular flexibility index (Phi) is 51.3. The third kappa shape index (κ3) is 54.0. The van der Waals surface area contributed by atoms with Crippen molar-refractivity contribution in [2.24, 2.45) is 17.8 Å². The number of esters is 4. The Morgan fingerprint density at radius 2 is 0.637 bits per heavy atom. The van der Waals surface area contributed by atoms with Gasteiger partial charge in [-0.25, -0.2) is 9.13 Å². The number of carbonyl (C=O) groups is 4. The van der Waals surface area contributed by atoms with E-state index in [2.05, 4.69) is 48.5 Å². The minimum Gasteiger partial charge on any atom is -0.462 e. The van der Waals surface area contributed by atoms with Gasteiger partial charge in [-0.15, -0.1) is 0 Å². The maximum atomic E-state index is 12.9. The first-order valence-electron chi connectivity index (χ1n) is 31.9. The van der Waals surface area contributed by atoms with Gasteiger partial charge in [0.05, 0.1) is 26.4 Å². The maximum Gasteiger partial charge on any atom is 0.472 e. The number of unbranched alkanes of at least 4 members (excludes halogenated alkanes) is 26. The van der Waals surface area contributed by atoms with Crippen molar-refractivity contribution in [3.05, 3.63) is 0 Å². The van der Waals surface area contributed by atoms with E-state index in [0.29, 0.717) is 37.5 Å². The number of ether oxygens (including phenoxy) is 4.